The number of halogens is 1. The second kappa shape index (κ2) is 11.8. The van der Waals surface area contributed by atoms with E-state index in [9.17, 15) is 4.79 Å². The van der Waals surface area contributed by atoms with Crippen LogP contribution in [0.2, 0.25) is 0 Å². The van der Waals surface area contributed by atoms with E-state index in [1.807, 2.05) is 6.08 Å². The lowest BCUT2D eigenvalue weighted by atomic mass is 9.83. The van der Waals surface area contributed by atoms with Crippen LogP contribution in [0.1, 0.15) is 76.2 Å². The number of amidine groups is 1. The summed E-state index contributed by atoms with van der Waals surface area (Å²) in [4.78, 5) is 22.4. The second-order valence-corrected chi connectivity index (χ2v) is 11.2. The summed E-state index contributed by atoms with van der Waals surface area (Å²) in [6, 6.07) is 9.23. The summed E-state index contributed by atoms with van der Waals surface area (Å²) in [7, 11) is 0. The van der Waals surface area contributed by atoms with Gasteiger partial charge in [0.1, 0.15) is 11.4 Å². The predicted molar refractivity (Wildman–Crippen MR) is 145 cm³/mol. The molecule has 0 bridgehead atoms. The monoisotopic (exact) mass is 562 g/mol. The molecule has 0 radical (unpaired) electrons. The number of urea groups is 1. The van der Waals surface area contributed by atoms with E-state index in [0.29, 0.717) is 6.04 Å². The van der Waals surface area contributed by atoms with Crippen LogP contribution in [-0.4, -0.2) is 52.9 Å². The van der Waals surface area contributed by atoms with Crippen LogP contribution in [0, 0.1) is 3.57 Å². The molecule has 0 atom stereocenters. The summed E-state index contributed by atoms with van der Waals surface area (Å²) in [5, 5.41) is 3.78. The molecule has 5 nitrogen and oxygen atoms in total. The number of benzene rings is 1. The van der Waals surface area contributed by atoms with Crippen molar-refractivity contribution >= 4 is 34.5 Å². The fourth-order valence-electron chi connectivity index (χ4n) is 5.70. The molecule has 1 saturated heterocycles. The Morgan fingerprint density at radius 2 is 1.94 bits per heavy atom. The summed E-state index contributed by atoms with van der Waals surface area (Å²) in [5.41, 5.74) is 1.13. The van der Waals surface area contributed by atoms with Gasteiger partial charge in [0.2, 0.25) is 0 Å². The van der Waals surface area contributed by atoms with Gasteiger partial charge >= 0.3 is 6.03 Å². The van der Waals surface area contributed by atoms with E-state index in [1.165, 1.54) is 41.2 Å². The topological polar surface area (TPSA) is 47.9 Å². The lowest BCUT2D eigenvalue weighted by molar-refractivity contribution is 0.0942. The van der Waals surface area contributed by atoms with Gasteiger partial charge in [0.15, 0.2) is 0 Å². The fourth-order valence-corrected chi connectivity index (χ4v) is 6.31. The zero-order chi connectivity index (χ0) is 23.1. The van der Waals surface area contributed by atoms with Gasteiger partial charge in [0.05, 0.1) is 0 Å². The van der Waals surface area contributed by atoms with Crippen molar-refractivity contribution in [1.82, 2.24) is 15.1 Å². The molecule has 2 fully saturated rings. The van der Waals surface area contributed by atoms with Crippen LogP contribution in [0.4, 0.5) is 4.79 Å². The molecule has 1 aromatic rings. The first-order chi connectivity index (χ1) is 16.1. The van der Waals surface area contributed by atoms with Crippen molar-refractivity contribution in [2.75, 3.05) is 19.6 Å². The first-order valence-electron chi connectivity index (χ1n) is 12.9. The Morgan fingerprint density at radius 1 is 1.15 bits per heavy atom. The number of amides is 2. The molecule has 180 valence electrons. The molecule has 2 heterocycles. The van der Waals surface area contributed by atoms with E-state index in [1.54, 1.807) is 0 Å². The second-order valence-electron chi connectivity index (χ2n) is 9.95. The number of likely N-dealkylation sites (tertiary alicyclic amines) is 1. The number of unbranched alkanes of at least 4 members (excludes halogenated alkanes) is 3. The maximum atomic E-state index is 13.1. The summed E-state index contributed by atoms with van der Waals surface area (Å²) >= 11 is 2.39. The van der Waals surface area contributed by atoms with E-state index in [4.69, 9.17) is 0 Å². The van der Waals surface area contributed by atoms with Crippen LogP contribution in [0.3, 0.4) is 0 Å². The van der Waals surface area contributed by atoms with Gasteiger partial charge in [0.25, 0.3) is 0 Å². The normalized spacial score (nSPS) is 21.4. The van der Waals surface area contributed by atoms with Crippen molar-refractivity contribution in [3.05, 3.63) is 46.1 Å². The smallest absolute Gasteiger partial charge is 0.346 e. The number of nitrogens with zero attached hydrogens (tertiary/aromatic N) is 3. The number of allylic oxidation sites excluding steroid dienone is 1. The Labute approximate surface area is 213 Å². The number of hydrogen-bond acceptors (Lipinski definition) is 3. The first kappa shape index (κ1) is 24.7. The van der Waals surface area contributed by atoms with Crippen LogP contribution in [0.5, 0.6) is 0 Å². The van der Waals surface area contributed by atoms with E-state index in [-0.39, 0.29) is 11.6 Å². The Hall–Kier alpha value is -1.41. The highest BCUT2D eigenvalue weighted by atomic mass is 127. The summed E-state index contributed by atoms with van der Waals surface area (Å²) in [6.07, 6.45) is 14.6. The van der Waals surface area contributed by atoms with Gasteiger partial charge in [-0.1, -0.05) is 43.9 Å². The van der Waals surface area contributed by atoms with Crippen molar-refractivity contribution in [3.63, 3.8) is 0 Å². The van der Waals surface area contributed by atoms with Gasteiger partial charge in [-0.15, -0.1) is 6.58 Å². The van der Waals surface area contributed by atoms with Crippen LogP contribution >= 0.6 is 22.6 Å². The van der Waals surface area contributed by atoms with Gasteiger partial charge in [-0.2, -0.15) is 4.99 Å². The molecule has 4 rings (SSSR count). The largest absolute Gasteiger partial charge is 0.369 e. The lowest BCUT2D eigenvalue weighted by Crippen LogP contribution is -2.61. The molecule has 1 aromatic carbocycles. The molecule has 3 aliphatic rings. The zero-order valence-corrected chi connectivity index (χ0v) is 22.1. The average molecular weight is 563 g/mol. The number of rotatable bonds is 9. The highest BCUT2D eigenvalue weighted by molar-refractivity contribution is 14.1. The third kappa shape index (κ3) is 6.18. The van der Waals surface area contributed by atoms with Crippen molar-refractivity contribution in [2.45, 2.75) is 88.8 Å². The quantitative estimate of drug-likeness (QED) is 0.224. The molecule has 2 aliphatic heterocycles. The average Bonchev–Trinajstić information content (AvgIpc) is 3.06. The van der Waals surface area contributed by atoms with Crippen molar-refractivity contribution < 1.29 is 4.79 Å². The number of piperidine rings is 1. The Kier molecular flexibility index (Phi) is 8.85. The van der Waals surface area contributed by atoms with Crippen LogP contribution < -0.4 is 5.32 Å². The molecule has 2 amide bonds. The van der Waals surface area contributed by atoms with Crippen molar-refractivity contribution in [2.24, 2.45) is 4.99 Å². The fraction of sp³-hybridized carbons (Fsp3) is 0.630. The molecule has 0 unspecified atom stereocenters. The number of carbonyl (C=O) groups excluding carboxylic acids is 1. The van der Waals surface area contributed by atoms with E-state index < -0.39 is 0 Å². The molecule has 1 N–H and O–H groups in total. The molecular weight excluding hydrogens is 523 g/mol. The maximum absolute atomic E-state index is 13.1. The zero-order valence-electron chi connectivity index (χ0n) is 19.9. The minimum atomic E-state index is -0.241. The van der Waals surface area contributed by atoms with Crippen molar-refractivity contribution in [3.8, 4) is 0 Å². The maximum Gasteiger partial charge on any atom is 0.346 e. The Balaban J connectivity index is 1.44. The summed E-state index contributed by atoms with van der Waals surface area (Å²) in [5.74, 6) is 0.972. The molecule has 0 aromatic heterocycles. The summed E-state index contributed by atoms with van der Waals surface area (Å²) < 4.78 is 1.29. The Morgan fingerprint density at radius 3 is 2.67 bits per heavy atom. The number of nitrogens with one attached hydrogen (secondary N) is 1. The lowest BCUT2D eigenvalue weighted by Gasteiger charge is -2.46. The van der Waals surface area contributed by atoms with Gasteiger partial charge in [-0.05, 0) is 85.2 Å². The van der Waals surface area contributed by atoms with E-state index in [2.05, 4.69) is 73.5 Å². The van der Waals surface area contributed by atoms with Crippen LogP contribution in [-0.2, 0) is 6.54 Å². The third-order valence-electron chi connectivity index (χ3n) is 7.61. The highest BCUT2D eigenvalue weighted by Crippen LogP contribution is 2.36. The van der Waals surface area contributed by atoms with Crippen molar-refractivity contribution in [1.29, 1.82) is 0 Å². The minimum absolute atomic E-state index is 0.0249. The van der Waals surface area contributed by atoms with Gasteiger partial charge < -0.3 is 10.2 Å². The summed E-state index contributed by atoms with van der Waals surface area (Å²) in [6.45, 7) is 7.61. The minimum Gasteiger partial charge on any atom is -0.369 e. The molecule has 33 heavy (non-hydrogen) atoms. The van der Waals surface area contributed by atoms with Gasteiger partial charge in [-0.3, -0.25) is 4.90 Å². The number of aliphatic imine (C=N–C) groups is 1. The molecule has 1 spiro atoms. The number of carbonyl (C=O) groups is 1. The first-order valence-corrected chi connectivity index (χ1v) is 13.9. The van der Waals surface area contributed by atoms with Gasteiger partial charge in [-0.25, -0.2) is 4.79 Å². The van der Waals surface area contributed by atoms with E-state index in [0.717, 1.165) is 70.5 Å². The standard InChI is InChI=1S/C27H39IN4O/c1-2-3-4-5-9-17-32-26(33)30-25(29-24-13-7-6-8-14-24)27(32)15-18-31(19-16-27)21-22-11-10-12-23(28)20-22/h2,10-12,20,24H,1,3-9,13-19,21H2,(H,29,30,33). The number of hydrogen-bond donors (Lipinski definition) is 1. The highest BCUT2D eigenvalue weighted by Gasteiger charge is 2.51. The predicted octanol–water partition coefficient (Wildman–Crippen LogP) is 6.13. The molecule has 1 aliphatic carbocycles. The van der Waals surface area contributed by atoms with Crippen LogP contribution in [0.25, 0.3) is 0 Å². The van der Waals surface area contributed by atoms with Gasteiger partial charge in [0, 0.05) is 35.8 Å². The van der Waals surface area contributed by atoms with Crippen LogP contribution in [0.15, 0.2) is 41.9 Å². The Bertz CT molecular complexity index is 840. The van der Waals surface area contributed by atoms with E-state index >= 15 is 0 Å². The third-order valence-corrected chi connectivity index (χ3v) is 8.28. The molecular formula is C27H39IN4O. The SMILES string of the molecule is C=CCCCCCN1C(=O)N=C(NC2CCCCC2)C12CCN(Cc1cccc(I)c1)CC2. The molecule has 1 saturated carbocycles. The molecule has 6 heteroatoms.